The van der Waals surface area contributed by atoms with E-state index in [9.17, 15) is 4.79 Å². The molecule has 0 unspecified atom stereocenters. The van der Waals surface area contributed by atoms with Gasteiger partial charge in [-0.1, -0.05) is 31.5 Å². The van der Waals surface area contributed by atoms with E-state index in [-0.39, 0.29) is 12.5 Å². The average molecular weight is 334 g/mol. The summed E-state index contributed by atoms with van der Waals surface area (Å²) in [6.07, 6.45) is 0.936. The van der Waals surface area contributed by atoms with Crippen LogP contribution in [0.3, 0.4) is 0 Å². The summed E-state index contributed by atoms with van der Waals surface area (Å²) in [6.45, 7) is 10.4. The third kappa shape index (κ3) is 3.94. The molecule has 0 aliphatic rings. The summed E-state index contributed by atoms with van der Waals surface area (Å²) in [5.74, 6) is 0.465. The van der Waals surface area contributed by atoms with Gasteiger partial charge < -0.3 is 5.32 Å². The molecule has 1 heterocycles. The van der Waals surface area contributed by atoms with Crippen molar-refractivity contribution in [1.29, 1.82) is 0 Å². The highest BCUT2D eigenvalue weighted by Crippen LogP contribution is 2.23. The number of carbonyl (C=O) groups is 1. The number of carbonyl (C=O) groups excluding carboxylic acids is 1. The Morgan fingerprint density at radius 1 is 1.30 bits per heavy atom. The van der Waals surface area contributed by atoms with Crippen molar-refractivity contribution in [2.24, 2.45) is 5.92 Å². The largest absolute Gasteiger partial charge is 0.376 e. The Balaban J connectivity index is 2.14. The van der Waals surface area contributed by atoms with E-state index in [0.717, 1.165) is 29.1 Å². The summed E-state index contributed by atoms with van der Waals surface area (Å²) in [5, 5.41) is 8.26. The number of hydrogen-bond donors (Lipinski definition) is 1. The van der Waals surface area contributed by atoms with Crippen molar-refractivity contribution in [3.05, 3.63) is 45.7 Å². The van der Waals surface area contributed by atoms with Crippen molar-refractivity contribution in [3.63, 3.8) is 0 Å². The molecule has 0 amide bonds. The van der Waals surface area contributed by atoms with Gasteiger partial charge in [0.05, 0.1) is 12.2 Å². The summed E-state index contributed by atoms with van der Waals surface area (Å²) in [6, 6.07) is 5.62. The molecule has 4 nitrogen and oxygen atoms in total. The molecule has 0 radical (unpaired) electrons. The molecule has 2 rings (SSSR count). The van der Waals surface area contributed by atoms with Gasteiger partial charge in [0, 0.05) is 16.4 Å². The van der Waals surface area contributed by atoms with Gasteiger partial charge in [-0.05, 0) is 56.4 Å². The average Bonchev–Trinajstić information content (AvgIpc) is 2.76. The number of nitrogens with zero attached hydrogens (tertiary/aromatic N) is 2. The normalized spacial score (nSPS) is 11.1. The van der Waals surface area contributed by atoms with E-state index >= 15 is 0 Å². The SMILES string of the molecule is Cc1nn(C(=O)CNc2cccc(Cl)c2C)c(C)c1CC(C)C. The van der Waals surface area contributed by atoms with Gasteiger partial charge >= 0.3 is 0 Å². The number of halogens is 1. The van der Waals surface area contributed by atoms with Crippen LogP contribution in [-0.4, -0.2) is 22.2 Å². The zero-order valence-corrected chi connectivity index (χ0v) is 15.2. The monoisotopic (exact) mass is 333 g/mol. The number of anilines is 1. The van der Waals surface area contributed by atoms with Gasteiger partial charge in [0.1, 0.15) is 0 Å². The Morgan fingerprint density at radius 3 is 2.65 bits per heavy atom. The van der Waals surface area contributed by atoms with Gasteiger partial charge in [0.25, 0.3) is 5.91 Å². The van der Waals surface area contributed by atoms with Crippen LogP contribution in [-0.2, 0) is 6.42 Å². The number of nitrogens with one attached hydrogen (secondary N) is 1. The van der Waals surface area contributed by atoms with Crippen molar-refractivity contribution in [3.8, 4) is 0 Å². The molecule has 23 heavy (non-hydrogen) atoms. The minimum atomic E-state index is -0.0695. The topological polar surface area (TPSA) is 46.9 Å². The molecule has 1 N–H and O–H groups in total. The summed E-state index contributed by atoms with van der Waals surface area (Å²) in [7, 11) is 0. The van der Waals surface area contributed by atoms with Crippen molar-refractivity contribution in [2.45, 2.75) is 41.0 Å². The smallest absolute Gasteiger partial charge is 0.266 e. The maximum Gasteiger partial charge on any atom is 0.266 e. The van der Waals surface area contributed by atoms with Gasteiger partial charge in [-0.2, -0.15) is 5.10 Å². The lowest BCUT2D eigenvalue weighted by Crippen LogP contribution is -2.23. The molecule has 5 heteroatoms. The summed E-state index contributed by atoms with van der Waals surface area (Å²) in [4.78, 5) is 12.5. The van der Waals surface area contributed by atoms with Crippen LogP contribution in [0.15, 0.2) is 18.2 Å². The fourth-order valence-corrected chi connectivity index (χ4v) is 2.84. The summed E-state index contributed by atoms with van der Waals surface area (Å²) < 4.78 is 1.51. The zero-order chi connectivity index (χ0) is 17.1. The van der Waals surface area contributed by atoms with Crippen LogP contribution in [0.5, 0.6) is 0 Å². The van der Waals surface area contributed by atoms with Crippen LogP contribution in [0, 0.1) is 26.7 Å². The second-order valence-corrected chi connectivity index (χ2v) is 6.73. The van der Waals surface area contributed by atoms with Crippen molar-refractivity contribution < 1.29 is 4.79 Å². The molecule has 2 aromatic rings. The molecule has 0 aliphatic heterocycles. The standard InChI is InChI=1S/C18H24ClN3O/c1-11(2)9-15-13(4)21-22(14(15)5)18(23)10-20-17-8-6-7-16(19)12(17)3/h6-8,11,20H,9-10H2,1-5H3. The second-order valence-electron chi connectivity index (χ2n) is 6.32. The second kappa shape index (κ2) is 7.18. The van der Waals surface area contributed by atoms with E-state index in [2.05, 4.69) is 24.3 Å². The predicted octanol–water partition coefficient (Wildman–Crippen LogP) is 4.41. The highest BCUT2D eigenvalue weighted by Gasteiger charge is 2.17. The van der Waals surface area contributed by atoms with E-state index in [4.69, 9.17) is 11.6 Å². The summed E-state index contributed by atoms with van der Waals surface area (Å²) in [5.41, 5.74) is 4.85. The van der Waals surface area contributed by atoms with Gasteiger partial charge in [-0.3, -0.25) is 4.79 Å². The molecule has 0 spiro atoms. The molecule has 1 aromatic carbocycles. The van der Waals surface area contributed by atoms with Gasteiger partial charge in [-0.25, -0.2) is 4.68 Å². The maximum atomic E-state index is 12.5. The van der Waals surface area contributed by atoms with Gasteiger partial charge in [-0.15, -0.1) is 0 Å². The Hall–Kier alpha value is -1.81. The van der Waals surface area contributed by atoms with E-state index in [1.807, 2.05) is 39.0 Å². The van der Waals surface area contributed by atoms with Crippen LogP contribution in [0.2, 0.25) is 5.02 Å². The van der Waals surface area contributed by atoms with Crippen molar-refractivity contribution in [1.82, 2.24) is 9.78 Å². The van der Waals surface area contributed by atoms with Crippen LogP contribution in [0.4, 0.5) is 5.69 Å². The van der Waals surface area contributed by atoms with Crippen LogP contribution >= 0.6 is 11.6 Å². The fraction of sp³-hybridized carbons (Fsp3) is 0.444. The minimum absolute atomic E-state index is 0.0695. The fourth-order valence-electron chi connectivity index (χ4n) is 2.67. The first kappa shape index (κ1) is 17.5. The Bertz CT molecular complexity index is 719. The molecule has 0 saturated carbocycles. The first-order chi connectivity index (χ1) is 10.8. The number of hydrogen-bond acceptors (Lipinski definition) is 3. The van der Waals surface area contributed by atoms with E-state index < -0.39 is 0 Å². The molecule has 0 saturated heterocycles. The minimum Gasteiger partial charge on any atom is -0.376 e. The number of aromatic nitrogens is 2. The van der Waals surface area contributed by atoms with Crippen molar-refractivity contribution >= 4 is 23.2 Å². The predicted molar refractivity (Wildman–Crippen MR) is 95.5 cm³/mol. The van der Waals surface area contributed by atoms with Crippen molar-refractivity contribution in [2.75, 3.05) is 11.9 Å². The Morgan fingerprint density at radius 2 is 2.00 bits per heavy atom. The third-order valence-electron chi connectivity index (χ3n) is 3.99. The van der Waals surface area contributed by atoms with Crippen LogP contribution < -0.4 is 5.32 Å². The maximum absolute atomic E-state index is 12.5. The van der Waals surface area contributed by atoms with Crippen LogP contribution in [0.25, 0.3) is 0 Å². The Labute approximate surface area is 142 Å². The zero-order valence-electron chi connectivity index (χ0n) is 14.4. The van der Waals surface area contributed by atoms with Gasteiger partial charge in [0.2, 0.25) is 0 Å². The third-order valence-corrected chi connectivity index (χ3v) is 4.40. The molecular formula is C18H24ClN3O. The first-order valence-electron chi connectivity index (χ1n) is 7.88. The molecule has 0 aliphatic carbocycles. The van der Waals surface area contributed by atoms with Gasteiger partial charge in [0.15, 0.2) is 0 Å². The quantitative estimate of drug-likeness (QED) is 0.881. The molecular weight excluding hydrogens is 310 g/mol. The number of aryl methyl sites for hydroxylation is 1. The van der Waals surface area contributed by atoms with E-state index in [1.165, 1.54) is 10.2 Å². The molecule has 1 aromatic heterocycles. The highest BCUT2D eigenvalue weighted by molar-refractivity contribution is 6.31. The lowest BCUT2D eigenvalue weighted by molar-refractivity contribution is 0.0910. The Kier molecular flexibility index (Phi) is 5.47. The highest BCUT2D eigenvalue weighted by atomic mass is 35.5. The number of benzene rings is 1. The molecule has 0 bridgehead atoms. The lowest BCUT2D eigenvalue weighted by Gasteiger charge is -2.11. The lowest BCUT2D eigenvalue weighted by atomic mass is 10.0. The van der Waals surface area contributed by atoms with E-state index in [1.54, 1.807) is 0 Å². The number of rotatable bonds is 5. The van der Waals surface area contributed by atoms with E-state index in [0.29, 0.717) is 10.9 Å². The molecule has 0 atom stereocenters. The molecule has 0 fully saturated rings. The molecule has 124 valence electrons. The first-order valence-corrected chi connectivity index (χ1v) is 8.26. The summed E-state index contributed by atoms with van der Waals surface area (Å²) >= 11 is 6.10. The van der Waals surface area contributed by atoms with Crippen LogP contribution in [0.1, 0.15) is 41.2 Å².